The first-order valence-corrected chi connectivity index (χ1v) is 10.3. The average Bonchev–Trinajstić information content (AvgIpc) is 3.27. The van der Waals surface area contributed by atoms with Crippen molar-refractivity contribution in [2.45, 2.75) is 31.4 Å². The van der Waals surface area contributed by atoms with Crippen LogP contribution in [0.1, 0.15) is 22.4 Å². The molecular formula is C21H22N6OS. The van der Waals surface area contributed by atoms with Gasteiger partial charge in [-0.3, -0.25) is 0 Å². The van der Waals surface area contributed by atoms with Crippen LogP contribution in [0.3, 0.4) is 0 Å². The van der Waals surface area contributed by atoms with Gasteiger partial charge in [0.1, 0.15) is 0 Å². The summed E-state index contributed by atoms with van der Waals surface area (Å²) < 4.78 is 4.48. The lowest BCUT2D eigenvalue weighted by molar-refractivity contribution is 0.692. The van der Waals surface area contributed by atoms with Gasteiger partial charge < -0.3 is 0 Å². The predicted octanol–water partition coefficient (Wildman–Crippen LogP) is 3.37. The van der Waals surface area contributed by atoms with Crippen LogP contribution in [0.25, 0.3) is 11.4 Å². The molecular weight excluding hydrogens is 384 g/mol. The zero-order chi connectivity index (χ0) is 20.5. The van der Waals surface area contributed by atoms with Crippen molar-refractivity contribution in [3.63, 3.8) is 0 Å². The summed E-state index contributed by atoms with van der Waals surface area (Å²) in [5, 5.41) is 12.3. The predicted molar refractivity (Wildman–Crippen MR) is 114 cm³/mol. The van der Waals surface area contributed by atoms with E-state index in [9.17, 15) is 4.79 Å². The second-order valence-corrected chi connectivity index (χ2v) is 8.03. The van der Waals surface area contributed by atoms with Crippen LogP contribution < -0.4 is 5.69 Å². The molecule has 0 saturated heterocycles. The van der Waals surface area contributed by atoms with Crippen LogP contribution >= 0.6 is 11.8 Å². The monoisotopic (exact) mass is 406 g/mol. The van der Waals surface area contributed by atoms with Crippen LogP contribution in [0.2, 0.25) is 0 Å². The van der Waals surface area contributed by atoms with E-state index in [1.165, 1.54) is 19.8 Å². The van der Waals surface area contributed by atoms with Gasteiger partial charge in [0, 0.05) is 23.9 Å². The number of nitrogens with zero attached hydrogens (tertiary/aromatic N) is 6. The number of aromatic nitrogens is 6. The average molecular weight is 407 g/mol. The maximum absolute atomic E-state index is 12.3. The van der Waals surface area contributed by atoms with E-state index >= 15 is 0 Å². The molecule has 2 aromatic heterocycles. The van der Waals surface area contributed by atoms with E-state index in [1.807, 2.05) is 36.0 Å². The third kappa shape index (κ3) is 3.75. The molecule has 0 unspecified atom stereocenters. The zero-order valence-corrected chi connectivity index (χ0v) is 17.6. The minimum absolute atomic E-state index is 0.253. The second kappa shape index (κ2) is 7.71. The van der Waals surface area contributed by atoms with Gasteiger partial charge in [-0.05, 0) is 78.2 Å². The Morgan fingerprint density at radius 1 is 1.00 bits per heavy atom. The summed E-state index contributed by atoms with van der Waals surface area (Å²) in [7, 11) is 1.60. The highest BCUT2D eigenvalue weighted by Gasteiger charge is 2.14. The summed E-state index contributed by atoms with van der Waals surface area (Å²) in [5.41, 5.74) is 5.94. The molecule has 0 aliphatic rings. The Balaban J connectivity index is 1.61. The third-order valence-corrected chi connectivity index (χ3v) is 6.05. The van der Waals surface area contributed by atoms with Crippen molar-refractivity contribution in [1.29, 1.82) is 0 Å². The molecule has 0 atom stereocenters. The van der Waals surface area contributed by atoms with Crippen LogP contribution in [0.4, 0.5) is 0 Å². The molecule has 2 aromatic carbocycles. The normalized spacial score (nSPS) is 11.2. The van der Waals surface area contributed by atoms with Crippen molar-refractivity contribution in [2.24, 2.45) is 7.05 Å². The van der Waals surface area contributed by atoms with E-state index in [0.717, 1.165) is 33.9 Å². The van der Waals surface area contributed by atoms with Crippen LogP contribution in [0.5, 0.6) is 0 Å². The molecule has 0 N–H and O–H groups in total. The SMILES string of the molecule is Cc1ccn(-c2ccc(SCc3c(C)cccc3-n3nnn(C)c3=O)c(C)c2)n1. The summed E-state index contributed by atoms with van der Waals surface area (Å²) >= 11 is 1.74. The molecule has 4 aromatic rings. The van der Waals surface area contributed by atoms with E-state index in [4.69, 9.17) is 0 Å². The van der Waals surface area contributed by atoms with Crippen molar-refractivity contribution in [1.82, 2.24) is 29.6 Å². The Morgan fingerprint density at radius 2 is 1.83 bits per heavy atom. The molecule has 2 heterocycles. The largest absolute Gasteiger partial charge is 0.368 e. The van der Waals surface area contributed by atoms with Crippen LogP contribution in [-0.2, 0) is 12.8 Å². The van der Waals surface area contributed by atoms with Gasteiger partial charge in [-0.25, -0.2) is 9.48 Å². The number of thioether (sulfide) groups is 1. The molecule has 0 saturated carbocycles. The number of aryl methyl sites for hydroxylation is 4. The maximum Gasteiger partial charge on any atom is 0.368 e. The summed E-state index contributed by atoms with van der Waals surface area (Å²) in [4.78, 5) is 13.5. The summed E-state index contributed by atoms with van der Waals surface area (Å²) in [6, 6.07) is 14.2. The van der Waals surface area contributed by atoms with Gasteiger partial charge in [-0.15, -0.1) is 11.8 Å². The lowest BCUT2D eigenvalue weighted by Gasteiger charge is -2.13. The van der Waals surface area contributed by atoms with Gasteiger partial charge in [0.05, 0.1) is 17.1 Å². The highest BCUT2D eigenvalue weighted by Crippen LogP contribution is 2.30. The zero-order valence-electron chi connectivity index (χ0n) is 16.8. The molecule has 29 heavy (non-hydrogen) atoms. The summed E-state index contributed by atoms with van der Waals surface area (Å²) in [5.74, 6) is 0.728. The van der Waals surface area contributed by atoms with Crippen molar-refractivity contribution in [3.05, 3.63) is 81.5 Å². The highest BCUT2D eigenvalue weighted by molar-refractivity contribution is 7.98. The fraction of sp³-hybridized carbons (Fsp3) is 0.238. The Bertz CT molecular complexity index is 1240. The first-order chi connectivity index (χ1) is 13.9. The van der Waals surface area contributed by atoms with Gasteiger partial charge in [-0.2, -0.15) is 14.5 Å². The van der Waals surface area contributed by atoms with Crippen LogP contribution in [-0.4, -0.2) is 29.6 Å². The quantitative estimate of drug-likeness (QED) is 0.475. The van der Waals surface area contributed by atoms with Gasteiger partial charge in [0.15, 0.2) is 0 Å². The maximum atomic E-state index is 12.3. The Hall–Kier alpha value is -3.13. The number of hydrogen-bond acceptors (Lipinski definition) is 5. The number of hydrogen-bond donors (Lipinski definition) is 0. The molecule has 4 rings (SSSR count). The van der Waals surface area contributed by atoms with Crippen molar-refractivity contribution < 1.29 is 0 Å². The minimum Gasteiger partial charge on any atom is -0.244 e. The Morgan fingerprint density at radius 3 is 2.48 bits per heavy atom. The third-order valence-electron chi connectivity index (χ3n) is 4.85. The van der Waals surface area contributed by atoms with E-state index < -0.39 is 0 Å². The molecule has 0 radical (unpaired) electrons. The Kier molecular flexibility index (Phi) is 5.10. The number of benzene rings is 2. The first kappa shape index (κ1) is 19.2. The molecule has 0 amide bonds. The van der Waals surface area contributed by atoms with E-state index in [-0.39, 0.29) is 5.69 Å². The molecule has 0 aliphatic heterocycles. The molecule has 0 aliphatic carbocycles. The Labute approximate surface area is 173 Å². The smallest absolute Gasteiger partial charge is 0.244 e. The summed E-state index contributed by atoms with van der Waals surface area (Å²) in [6.07, 6.45) is 1.97. The minimum atomic E-state index is -0.253. The summed E-state index contributed by atoms with van der Waals surface area (Å²) in [6.45, 7) is 6.14. The fourth-order valence-corrected chi connectivity index (χ4v) is 4.31. The molecule has 0 bridgehead atoms. The standard InChI is InChI=1S/C21H22N6OS/c1-14-6-5-7-19(27-21(28)25(4)23-24-27)18(14)13-29-20-9-8-17(12-15(20)2)26-11-10-16(3)22-26/h5-12H,13H2,1-4H3. The second-order valence-electron chi connectivity index (χ2n) is 7.01. The molecule has 148 valence electrons. The lowest BCUT2D eigenvalue weighted by atomic mass is 10.1. The van der Waals surface area contributed by atoms with E-state index in [2.05, 4.69) is 53.6 Å². The lowest BCUT2D eigenvalue weighted by Crippen LogP contribution is -2.23. The molecule has 0 spiro atoms. The van der Waals surface area contributed by atoms with Crippen molar-refractivity contribution in [3.8, 4) is 11.4 Å². The molecule has 0 fully saturated rings. The molecule has 8 heteroatoms. The van der Waals surface area contributed by atoms with Crippen molar-refractivity contribution in [2.75, 3.05) is 0 Å². The highest BCUT2D eigenvalue weighted by atomic mass is 32.2. The van der Waals surface area contributed by atoms with Crippen LogP contribution in [0.15, 0.2) is 58.4 Å². The van der Waals surface area contributed by atoms with Gasteiger partial charge in [0.2, 0.25) is 0 Å². The van der Waals surface area contributed by atoms with Gasteiger partial charge in [0.25, 0.3) is 0 Å². The van der Waals surface area contributed by atoms with E-state index in [1.54, 1.807) is 18.8 Å². The van der Waals surface area contributed by atoms with Crippen LogP contribution in [0, 0.1) is 20.8 Å². The van der Waals surface area contributed by atoms with Gasteiger partial charge in [-0.1, -0.05) is 12.1 Å². The van der Waals surface area contributed by atoms with E-state index in [0.29, 0.717) is 0 Å². The fourth-order valence-electron chi connectivity index (χ4n) is 3.18. The van der Waals surface area contributed by atoms with Crippen molar-refractivity contribution >= 4 is 11.8 Å². The number of tetrazole rings is 1. The first-order valence-electron chi connectivity index (χ1n) is 9.28. The van der Waals surface area contributed by atoms with Gasteiger partial charge >= 0.3 is 5.69 Å². The molecule has 7 nitrogen and oxygen atoms in total. The number of rotatable bonds is 5. The topological polar surface area (TPSA) is 70.5 Å².